The summed E-state index contributed by atoms with van der Waals surface area (Å²) in [6.45, 7) is -0.829. The number of aromatic nitrogens is 2. The SMILES string of the molecule is Nc1ccn([C@H]2C[C@@](F)(CC(F)(F)P(=O)(O)O)CO2)c(=O)n1. The average Bonchev–Trinajstić information content (AvgIpc) is 2.68. The van der Waals surface area contributed by atoms with E-state index >= 15 is 0 Å². The Hall–Kier alpha value is -1.42. The van der Waals surface area contributed by atoms with Gasteiger partial charge in [-0.3, -0.25) is 9.13 Å². The van der Waals surface area contributed by atoms with E-state index in [1.165, 1.54) is 12.3 Å². The Balaban J connectivity index is 2.18. The Morgan fingerprint density at radius 1 is 1.59 bits per heavy atom. The summed E-state index contributed by atoms with van der Waals surface area (Å²) in [6, 6.07) is 1.24. The number of nitrogens with two attached hydrogens (primary N) is 1. The molecule has 0 radical (unpaired) electrons. The second-order valence-electron chi connectivity index (χ2n) is 5.05. The number of rotatable bonds is 4. The smallest absolute Gasteiger partial charge is 0.383 e. The van der Waals surface area contributed by atoms with Crippen LogP contribution < -0.4 is 11.4 Å². The van der Waals surface area contributed by atoms with E-state index in [0.717, 1.165) is 4.57 Å². The molecule has 22 heavy (non-hydrogen) atoms. The Kier molecular flexibility index (Phi) is 4.11. The Morgan fingerprint density at radius 2 is 2.23 bits per heavy atom. The van der Waals surface area contributed by atoms with Crippen LogP contribution in [0.2, 0.25) is 0 Å². The van der Waals surface area contributed by atoms with Crippen LogP contribution in [-0.2, 0) is 9.30 Å². The van der Waals surface area contributed by atoms with Gasteiger partial charge < -0.3 is 20.3 Å². The van der Waals surface area contributed by atoms with Gasteiger partial charge in [0.1, 0.15) is 17.7 Å². The fourth-order valence-electron chi connectivity index (χ4n) is 2.11. The third kappa shape index (κ3) is 3.32. The molecule has 1 saturated heterocycles. The molecule has 1 aromatic heterocycles. The first-order chi connectivity index (χ1) is 9.94. The van der Waals surface area contributed by atoms with E-state index in [4.69, 9.17) is 20.3 Å². The van der Waals surface area contributed by atoms with E-state index in [0.29, 0.717) is 0 Å². The van der Waals surface area contributed by atoms with E-state index in [2.05, 4.69) is 4.98 Å². The maximum Gasteiger partial charge on any atom is 0.394 e. The molecule has 1 fully saturated rings. The van der Waals surface area contributed by atoms with Crippen molar-refractivity contribution in [3.8, 4) is 0 Å². The van der Waals surface area contributed by atoms with Crippen molar-refractivity contribution in [3.63, 3.8) is 0 Å². The lowest BCUT2D eigenvalue weighted by Crippen LogP contribution is -2.34. The molecule has 0 unspecified atom stereocenters. The van der Waals surface area contributed by atoms with Gasteiger partial charge in [0.25, 0.3) is 0 Å². The number of ether oxygens (including phenoxy) is 1. The van der Waals surface area contributed by atoms with Crippen LogP contribution in [0.25, 0.3) is 0 Å². The number of anilines is 1. The standard InChI is InChI=1S/C10H13F3N3O5P/c11-9(4-10(12,13)22(18,19)20)3-7(21-5-9)16-2-1-6(14)15-8(16)17/h1-2,7H,3-5H2,(H2,14,15,17)(H2,18,19,20)/t7-,9-/m1/s1. The fourth-order valence-corrected chi connectivity index (χ4v) is 2.60. The summed E-state index contributed by atoms with van der Waals surface area (Å²) in [5.41, 5.74) is -2.77. The number of halogens is 3. The van der Waals surface area contributed by atoms with Gasteiger partial charge in [-0.25, -0.2) is 9.18 Å². The van der Waals surface area contributed by atoms with E-state index < -0.39 is 50.3 Å². The van der Waals surface area contributed by atoms with Crippen LogP contribution in [0.15, 0.2) is 17.1 Å². The first-order valence-corrected chi connectivity index (χ1v) is 7.63. The van der Waals surface area contributed by atoms with Crippen LogP contribution >= 0.6 is 7.60 Å². The van der Waals surface area contributed by atoms with E-state index in [1.807, 2.05) is 0 Å². The average molecular weight is 343 g/mol. The van der Waals surface area contributed by atoms with Gasteiger partial charge in [-0.2, -0.15) is 13.8 Å². The highest BCUT2D eigenvalue weighted by molar-refractivity contribution is 7.53. The molecule has 2 rings (SSSR count). The maximum absolute atomic E-state index is 14.4. The second kappa shape index (κ2) is 5.34. The Morgan fingerprint density at radius 3 is 2.77 bits per heavy atom. The molecular weight excluding hydrogens is 330 g/mol. The molecule has 0 aliphatic carbocycles. The highest BCUT2D eigenvalue weighted by Gasteiger charge is 2.57. The fraction of sp³-hybridized carbons (Fsp3) is 0.600. The van der Waals surface area contributed by atoms with E-state index in [9.17, 15) is 22.5 Å². The van der Waals surface area contributed by atoms with Crippen molar-refractivity contribution in [2.45, 2.75) is 30.4 Å². The quantitative estimate of drug-likeness (QED) is 0.684. The predicted octanol–water partition coefficient (Wildman–Crippen LogP) is 0.613. The molecule has 2 atom stereocenters. The summed E-state index contributed by atoms with van der Waals surface area (Å²) in [7, 11) is -5.80. The van der Waals surface area contributed by atoms with Gasteiger partial charge in [0, 0.05) is 12.6 Å². The Bertz CT molecular complexity index is 678. The summed E-state index contributed by atoms with van der Waals surface area (Å²) >= 11 is 0. The van der Waals surface area contributed by atoms with Crippen molar-refractivity contribution in [3.05, 3.63) is 22.7 Å². The zero-order chi connectivity index (χ0) is 16.8. The molecule has 0 aromatic carbocycles. The second-order valence-corrected chi connectivity index (χ2v) is 6.79. The number of nitrogen functional groups attached to an aromatic ring is 1. The minimum atomic E-state index is -5.80. The lowest BCUT2D eigenvalue weighted by molar-refractivity contribution is -0.0162. The topological polar surface area (TPSA) is 128 Å². The normalized spacial score (nSPS) is 26.3. The van der Waals surface area contributed by atoms with Crippen molar-refractivity contribution < 1.29 is 32.3 Å². The highest BCUT2D eigenvalue weighted by Crippen LogP contribution is 2.58. The van der Waals surface area contributed by atoms with Crippen LogP contribution in [0.5, 0.6) is 0 Å². The lowest BCUT2D eigenvalue weighted by atomic mass is 10.0. The van der Waals surface area contributed by atoms with Crippen LogP contribution in [0.1, 0.15) is 19.1 Å². The van der Waals surface area contributed by atoms with E-state index in [1.54, 1.807) is 0 Å². The van der Waals surface area contributed by atoms with E-state index in [-0.39, 0.29) is 5.82 Å². The number of alkyl halides is 3. The summed E-state index contributed by atoms with van der Waals surface area (Å²) in [6.07, 6.45) is -2.42. The zero-order valence-electron chi connectivity index (χ0n) is 11.0. The first kappa shape index (κ1) is 16.9. The minimum Gasteiger partial charge on any atom is -0.383 e. The zero-order valence-corrected chi connectivity index (χ0v) is 11.9. The van der Waals surface area contributed by atoms with Gasteiger partial charge in [-0.1, -0.05) is 0 Å². The molecule has 4 N–H and O–H groups in total. The first-order valence-electron chi connectivity index (χ1n) is 6.02. The maximum atomic E-state index is 14.4. The molecular formula is C10H13F3N3O5P. The van der Waals surface area contributed by atoms with Crippen LogP contribution in [0, 0.1) is 0 Å². The van der Waals surface area contributed by atoms with Gasteiger partial charge >= 0.3 is 18.9 Å². The number of hydrogen-bond acceptors (Lipinski definition) is 5. The van der Waals surface area contributed by atoms with Gasteiger partial charge in [-0.05, 0) is 6.07 Å². The summed E-state index contributed by atoms with van der Waals surface area (Å²) in [4.78, 5) is 32.1. The molecule has 1 aliphatic heterocycles. The molecule has 1 aromatic rings. The third-order valence-corrected chi connectivity index (χ3v) is 4.20. The molecule has 0 bridgehead atoms. The molecule has 0 spiro atoms. The molecule has 124 valence electrons. The van der Waals surface area contributed by atoms with Gasteiger partial charge in [0.05, 0.1) is 13.0 Å². The molecule has 1 aliphatic rings. The van der Waals surface area contributed by atoms with Crippen LogP contribution in [0.3, 0.4) is 0 Å². The lowest BCUT2D eigenvalue weighted by Gasteiger charge is -2.25. The predicted molar refractivity (Wildman–Crippen MR) is 68.0 cm³/mol. The van der Waals surface area contributed by atoms with Crippen molar-refractivity contribution in [1.29, 1.82) is 0 Å². The molecule has 2 heterocycles. The van der Waals surface area contributed by atoms with Gasteiger partial charge in [0.15, 0.2) is 0 Å². The molecule has 0 amide bonds. The van der Waals surface area contributed by atoms with Gasteiger partial charge in [0.2, 0.25) is 0 Å². The van der Waals surface area contributed by atoms with Crippen LogP contribution in [-0.4, -0.2) is 37.3 Å². The van der Waals surface area contributed by atoms with Crippen molar-refractivity contribution in [2.24, 2.45) is 0 Å². The molecule has 8 nitrogen and oxygen atoms in total. The summed E-state index contributed by atoms with van der Waals surface area (Å²) in [5, 5.41) is 0. The third-order valence-electron chi connectivity index (χ3n) is 3.19. The summed E-state index contributed by atoms with van der Waals surface area (Å²) < 4.78 is 57.6. The van der Waals surface area contributed by atoms with Gasteiger partial charge in [-0.15, -0.1) is 0 Å². The highest BCUT2D eigenvalue weighted by atomic mass is 31.2. The summed E-state index contributed by atoms with van der Waals surface area (Å²) in [5.74, 6) is -0.0706. The largest absolute Gasteiger partial charge is 0.394 e. The van der Waals surface area contributed by atoms with Crippen molar-refractivity contribution >= 4 is 13.4 Å². The monoisotopic (exact) mass is 343 g/mol. The Labute approximate surface area is 121 Å². The number of nitrogens with zero attached hydrogens (tertiary/aromatic N) is 2. The van der Waals surface area contributed by atoms with Crippen LogP contribution in [0.4, 0.5) is 19.0 Å². The number of hydrogen-bond donors (Lipinski definition) is 3. The minimum absolute atomic E-state index is 0.0706. The van der Waals surface area contributed by atoms with Crippen molar-refractivity contribution in [2.75, 3.05) is 12.3 Å². The van der Waals surface area contributed by atoms with Crippen molar-refractivity contribution in [1.82, 2.24) is 9.55 Å². The molecule has 12 heteroatoms. The molecule has 0 saturated carbocycles.